The van der Waals surface area contributed by atoms with Crippen LogP contribution < -0.4 is 10.2 Å². The van der Waals surface area contributed by atoms with Crippen LogP contribution in [0.4, 0.5) is 15.2 Å². The van der Waals surface area contributed by atoms with E-state index >= 15 is 0 Å². The molecule has 1 aliphatic heterocycles. The predicted octanol–water partition coefficient (Wildman–Crippen LogP) is 3.04. The number of benzene rings is 1. The number of amides is 1. The summed E-state index contributed by atoms with van der Waals surface area (Å²) in [6.07, 6.45) is 0.371. The van der Waals surface area contributed by atoms with Crippen molar-refractivity contribution in [3.05, 3.63) is 34.8 Å². The lowest BCUT2D eigenvalue weighted by molar-refractivity contribution is 0.102. The van der Waals surface area contributed by atoms with Crippen LogP contribution >= 0.6 is 20.6 Å². The molecule has 0 saturated carbocycles. The maximum Gasteiger partial charge on any atom is 0.259 e. The van der Waals surface area contributed by atoms with Crippen LogP contribution in [0.1, 0.15) is 22.5 Å². The SMILES string of the molecule is Cc1csc(NC(=O)c2cc(S(=O)N(C)C)ccc2N2CCC(F)(P)C2)n1. The highest BCUT2D eigenvalue weighted by Gasteiger charge is 2.35. The zero-order valence-corrected chi connectivity index (χ0v) is 18.1. The van der Waals surface area contributed by atoms with Crippen molar-refractivity contribution in [1.29, 1.82) is 0 Å². The van der Waals surface area contributed by atoms with Crippen LogP contribution in [0.5, 0.6) is 0 Å². The van der Waals surface area contributed by atoms with Crippen molar-refractivity contribution in [3.63, 3.8) is 0 Å². The first-order chi connectivity index (χ1) is 12.7. The van der Waals surface area contributed by atoms with Gasteiger partial charge in [-0.15, -0.1) is 11.3 Å². The van der Waals surface area contributed by atoms with Gasteiger partial charge in [0, 0.05) is 24.0 Å². The third-order valence-corrected chi connectivity index (χ3v) is 6.84. The van der Waals surface area contributed by atoms with Gasteiger partial charge >= 0.3 is 0 Å². The quantitative estimate of drug-likeness (QED) is 0.744. The Kier molecular flexibility index (Phi) is 5.96. The van der Waals surface area contributed by atoms with Gasteiger partial charge in [-0.3, -0.25) is 10.1 Å². The number of hydrogen-bond acceptors (Lipinski definition) is 5. The van der Waals surface area contributed by atoms with Gasteiger partial charge in [-0.1, -0.05) is 9.24 Å². The molecule has 1 aromatic carbocycles. The van der Waals surface area contributed by atoms with Crippen molar-refractivity contribution in [2.24, 2.45) is 0 Å². The second kappa shape index (κ2) is 7.91. The summed E-state index contributed by atoms with van der Waals surface area (Å²) in [5.74, 6) is -0.350. The number of carbonyl (C=O) groups excluding carboxylic acids is 1. The van der Waals surface area contributed by atoms with Gasteiger partial charge in [-0.25, -0.2) is 17.9 Å². The summed E-state index contributed by atoms with van der Waals surface area (Å²) in [5, 5.41) is 3.76. The van der Waals surface area contributed by atoms with E-state index in [2.05, 4.69) is 19.5 Å². The standard InChI is InChI=1S/C17H22FN4O2PS2/c1-11-9-26-16(19-11)20-15(23)13-8-12(27(24)21(2)3)4-5-14(13)22-7-6-17(18,25)10-22/h4-5,8-9H,6-7,10,25H2,1-3H3,(H,19,20,23). The highest BCUT2D eigenvalue weighted by molar-refractivity contribution is 7.82. The van der Waals surface area contributed by atoms with E-state index in [-0.39, 0.29) is 12.5 Å². The molecule has 1 saturated heterocycles. The molecule has 2 aromatic rings. The first kappa shape index (κ1) is 20.3. The molecule has 6 nitrogen and oxygen atoms in total. The molecule has 1 aromatic heterocycles. The van der Waals surface area contributed by atoms with E-state index in [9.17, 15) is 13.4 Å². The van der Waals surface area contributed by atoms with Crippen molar-refractivity contribution >= 4 is 48.3 Å². The van der Waals surface area contributed by atoms with Crippen molar-refractivity contribution < 1.29 is 13.4 Å². The average molecular weight is 428 g/mol. The van der Waals surface area contributed by atoms with Crippen LogP contribution in [0.2, 0.25) is 0 Å². The number of rotatable bonds is 5. The second-order valence-corrected chi connectivity index (χ2v) is 10.3. The minimum Gasteiger partial charge on any atom is -0.367 e. The summed E-state index contributed by atoms with van der Waals surface area (Å²) in [7, 11) is 4.26. The van der Waals surface area contributed by atoms with Crippen LogP contribution in [-0.2, 0) is 11.0 Å². The van der Waals surface area contributed by atoms with E-state index in [1.165, 1.54) is 11.3 Å². The predicted molar refractivity (Wildman–Crippen MR) is 112 cm³/mol. The summed E-state index contributed by atoms with van der Waals surface area (Å²) in [4.78, 5) is 19.5. The Balaban J connectivity index is 1.97. The summed E-state index contributed by atoms with van der Waals surface area (Å²) in [6, 6.07) is 5.07. The average Bonchev–Trinajstić information content (AvgIpc) is 3.18. The van der Waals surface area contributed by atoms with Crippen LogP contribution in [0.25, 0.3) is 0 Å². The summed E-state index contributed by atoms with van der Waals surface area (Å²) >= 11 is 1.34. The van der Waals surface area contributed by atoms with E-state index in [1.54, 1.807) is 36.6 Å². The van der Waals surface area contributed by atoms with E-state index in [0.29, 0.717) is 34.2 Å². The molecule has 1 N–H and O–H groups in total. The fourth-order valence-electron chi connectivity index (χ4n) is 2.87. The third kappa shape index (κ3) is 4.71. The number of aromatic nitrogens is 1. The number of hydrogen-bond donors (Lipinski definition) is 1. The Morgan fingerprint density at radius 2 is 2.22 bits per heavy atom. The number of halogens is 1. The van der Waals surface area contributed by atoms with Crippen LogP contribution in [-0.4, -0.2) is 52.0 Å². The molecule has 10 heteroatoms. The fourth-order valence-corrected chi connectivity index (χ4v) is 4.73. The van der Waals surface area contributed by atoms with Gasteiger partial charge in [0.1, 0.15) is 16.4 Å². The van der Waals surface area contributed by atoms with E-state index in [4.69, 9.17) is 0 Å². The molecule has 3 unspecified atom stereocenters. The summed E-state index contributed by atoms with van der Waals surface area (Å²) < 4.78 is 28.3. The van der Waals surface area contributed by atoms with Crippen LogP contribution in [0, 0.1) is 6.92 Å². The molecule has 0 aliphatic carbocycles. The fraction of sp³-hybridized carbons (Fsp3) is 0.412. The molecule has 1 amide bonds. The molecule has 0 radical (unpaired) electrons. The van der Waals surface area contributed by atoms with Gasteiger partial charge in [-0.2, -0.15) is 0 Å². The number of thiazole rings is 1. The number of nitrogens with zero attached hydrogens (tertiary/aromatic N) is 3. The summed E-state index contributed by atoms with van der Waals surface area (Å²) in [6.45, 7) is 2.54. The van der Waals surface area contributed by atoms with Gasteiger partial charge in [0.25, 0.3) is 5.91 Å². The first-order valence-electron chi connectivity index (χ1n) is 8.36. The highest BCUT2D eigenvalue weighted by atomic mass is 32.2. The van der Waals surface area contributed by atoms with Crippen molar-refractivity contribution in [3.8, 4) is 0 Å². The normalized spacial score (nSPS) is 20.9. The lowest BCUT2D eigenvalue weighted by Gasteiger charge is -2.23. The molecule has 27 heavy (non-hydrogen) atoms. The van der Waals surface area contributed by atoms with Crippen molar-refractivity contribution in [1.82, 2.24) is 9.29 Å². The maximum atomic E-state index is 14.3. The molecule has 1 fully saturated rings. The van der Waals surface area contributed by atoms with E-state index in [1.807, 2.05) is 17.2 Å². The zero-order valence-electron chi connectivity index (χ0n) is 15.4. The Morgan fingerprint density at radius 3 is 2.78 bits per heavy atom. The van der Waals surface area contributed by atoms with E-state index in [0.717, 1.165) is 5.69 Å². The molecule has 146 valence electrons. The molecule has 3 rings (SSSR count). The van der Waals surface area contributed by atoms with Crippen LogP contribution in [0.15, 0.2) is 28.5 Å². The van der Waals surface area contributed by atoms with Crippen LogP contribution in [0.3, 0.4) is 0 Å². The Bertz CT molecular complexity index is 888. The maximum absolute atomic E-state index is 14.3. The largest absolute Gasteiger partial charge is 0.367 e. The lowest BCUT2D eigenvalue weighted by atomic mass is 10.1. The van der Waals surface area contributed by atoms with Gasteiger partial charge in [-0.05, 0) is 39.2 Å². The molecule has 0 bridgehead atoms. The molecular weight excluding hydrogens is 406 g/mol. The van der Waals surface area contributed by atoms with Gasteiger partial charge < -0.3 is 4.90 Å². The number of carbonyl (C=O) groups is 1. The topological polar surface area (TPSA) is 65.5 Å². The van der Waals surface area contributed by atoms with Gasteiger partial charge in [0.2, 0.25) is 0 Å². The minimum absolute atomic E-state index is 0.185. The van der Waals surface area contributed by atoms with Crippen molar-refractivity contribution in [2.45, 2.75) is 23.6 Å². The number of nitrogens with one attached hydrogen (secondary N) is 1. The second-order valence-electron chi connectivity index (χ2n) is 6.69. The summed E-state index contributed by atoms with van der Waals surface area (Å²) in [5.41, 5.74) is 1.81. The number of alkyl halides is 1. The smallest absolute Gasteiger partial charge is 0.259 e. The molecular formula is C17H22FN4O2PS2. The molecule has 1 aliphatic rings. The van der Waals surface area contributed by atoms with Crippen molar-refractivity contribution in [2.75, 3.05) is 37.4 Å². The Labute approximate surface area is 166 Å². The molecule has 3 atom stereocenters. The third-order valence-electron chi connectivity index (χ3n) is 4.18. The van der Waals surface area contributed by atoms with Gasteiger partial charge in [0.15, 0.2) is 5.13 Å². The Hall–Kier alpha value is -1.41. The lowest BCUT2D eigenvalue weighted by Crippen LogP contribution is -2.27. The zero-order chi connectivity index (χ0) is 19.8. The highest BCUT2D eigenvalue weighted by Crippen LogP contribution is 2.36. The van der Waals surface area contributed by atoms with Gasteiger partial charge in [0.05, 0.1) is 22.7 Å². The monoisotopic (exact) mass is 428 g/mol. The first-order valence-corrected chi connectivity index (χ1v) is 10.9. The minimum atomic E-state index is -1.39. The number of aryl methyl sites for hydroxylation is 1. The molecule has 2 heterocycles. The number of anilines is 2. The van der Waals surface area contributed by atoms with E-state index < -0.39 is 16.4 Å². The molecule has 0 spiro atoms. The Morgan fingerprint density at radius 1 is 1.48 bits per heavy atom.